The number of ether oxygens (including phenoxy) is 1. The molecule has 3 aromatic rings. The lowest BCUT2D eigenvalue weighted by Crippen LogP contribution is -2.17. The number of halogens is 1. The third-order valence-corrected chi connectivity index (χ3v) is 6.58. The zero-order chi connectivity index (χ0) is 20.4. The Balaban J connectivity index is 1.40. The normalized spacial score (nSPS) is 16.4. The van der Waals surface area contributed by atoms with E-state index in [1.54, 1.807) is 0 Å². The van der Waals surface area contributed by atoms with Crippen LogP contribution in [0, 0.1) is 13.8 Å². The maximum absolute atomic E-state index is 12.8. The van der Waals surface area contributed by atoms with Crippen LogP contribution in [0.2, 0.25) is 0 Å². The Bertz CT molecular complexity index is 1010. The van der Waals surface area contributed by atoms with E-state index < -0.39 is 0 Å². The van der Waals surface area contributed by atoms with Gasteiger partial charge in [-0.05, 0) is 44.9 Å². The lowest BCUT2D eigenvalue weighted by Gasteiger charge is -2.14. The van der Waals surface area contributed by atoms with Crippen molar-refractivity contribution in [1.82, 2.24) is 19.7 Å². The van der Waals surface area contributed by atoms with Gasteiger partial charge in [0.25, 0.3) is 0 Å². The van der Waals surface area contributed by atoms with E-state index in [1.807, 2.05) is 44.2 Å². The van der Waals surface area contributed by atoms with Crippen LogP contribution in [0.25, 0.3) is 11.4 Å². The first-order valence-corrected chi connectivity index (χ1v) is 11.4. The molecule has 1 aliphatic heterocycles. The number of H-pyrrole nitrogens is 1. The zero-order valence-corrected chi connectivity index (χ0v) is 18.8. The standard InChI is InChI=1S/C21H23BrN4O2S/c1-13-10-18(14(2)26(13)11-17-4-3-9-28-17)19(27)12-29-21-23-20(24-25-21)15-5-7-16(22)8-6-15/h5-8,10,17H,3-4,9,11-12H2,1-2H3,(H,23,24,25)/t17-/m1/s1. The largest absolute Gasteiger partial charge is 0.376 e. The Labute approximate surface area is 182 Å². The average molecular weight is 475 g/mol. The highest BCUT2D eigenvalue weighted by Gasteiger charge is 2.21. The first-order chi connectivity index (χ1) is 14.0. The molecule has 2 aromatic heterocycles. The predicted octanol–water partition coefficient (Wildman–Crippen LogP) is 4.81. The summed E-state index contributed by atoms with van der Waals surface area (Å²) in [6.45, 7) is 5.71. The van der Waals surface area contributed by atoms with Crippen LogP contribution < -0.4 is 0 Å². The molecule has 4 rings (SSSR count). The minimum atomic E-state index is 0.0941. The molecule has 29 heavy (non-hydrogen) atoms. The van der Waals surface area contributed by atoms with E-state index in [0.29, 0.717) is 16.7 Å². The molecule has 1 N–H and O–H groups in total. The number of carbonyl (C=O) groups excluding carboxylic acids is 1. The van der Waals surface area contributed by atoms with Gasteiger partial charge in [-0.3, -0.25) is 9.89 Å². The topological polar surface area (TPSA) is 72.8 Å². The van der Waals surface area contributed by atoms with Crippen LogP contribution in [-0.2, 0) is 11.3 Å². The number of ketones is 1. The van der Waals surface area contributed by atoms with E-state index in [-0.39, 0.29) is 11.9 Å². The fourth-order valence-electron chi connectivity index (χ4n) is 3.61. The van der Waals surface area contributed by atoms with Crippen molar-refractivity contribution >= 4 is 33.5 Å². The third-order valence-electron chi connectivity index (χ3n) is 5.20. The molecule has 8 heteroatoms. The van der Waals surface area contributed by atoms with Gasteiger partial charge in [0.15, 0.2) is 11.6 Å². The molecule has 6 nitrogen and oxygen atoms in total. The van der Waals surface area contributed by atoms with Crippen LogP contribution in [0.5, 0.6) is 0 Å². The number of nitrogens with zero attached hydrogens (tertiary/aromatic N) is 3. The molecular weight excluding hydrogens is 452 g/mol. The second kappa shape index (κ2) is 8.85. The number of benzene rings is 1. The van der Waals surface area contributed by atoms with Crippen LogP contribution in [0.15, 0.2) is 40.0 Å². The van der Waals surface area contributed by atoms with Crippen molar-refractivity contribution in [3.63, 3.8) is 0 Å². The van der Waals surface area contributed by atoms with Gasteiger partial charge in [-0.25, -0.2) is 4.98 Å². The number of aromatic amines is 1. The van der Waals surface area contributed by atoms with Crippen molar-refractivity contribution in [2.75, 3.05) is 12.4 Å². The number of aryl methyl sites for hydroxylation is 1. The number of aromatic nitrogens is 4. The van der Waals surface area contributed by atoms with Crippen LogP contribution in [0.3, 0.4) is 0 Å². The monoisotopic (exact) mass is 474 g/mol. The number of hydrogen-bond donors (Lipinski definition) is 1. The first kappa shape index (κ1) is 20.4. The molecular formula is C21H23BrN4O2S. The summed E-state index contributed by atoms with van der Waals surface area (Å²) >= 11 is 4.78. The van der Waals surface area contributed by atoms with Gasteiger partial charge in [-0.15, -0.1) is 5.10 Å². The number of thioether (sulfide) groups is 1. The molecule has 0 bridgehead atoms. The lowest BCUT2D eigenvalue weighted by atomic mass is 10.2. The van der Waals surface area contributed by atoms with Crippen LogP contribution in [-0.4, -0.2) is 44.0 Å². The minimum Gasteiger partial charge on any atom is -0.376 e. The minimum absolute atomic E-state index is 0.0941. The molecule has 1 aliphatic rings. The molecule has 1 aromatic carbocycles. The summed E-state index contributed by atoms with van der Waals surface area (Å²) in [6.07, 6.45) is 2.45. The quantitative estimate of drug-likeness (QED) is 0.392. The fraction of sp³-hybridized carbons (Fsp3) is 0.381. The molecule has 1 saturated heterocycles. The first-order valence-electron chi connectivity index (χ1n) is 9.64. The second-order valence-electron chi connectivity index (χ2n) is 7.22. The fourth-order valence-corrected chi connectivity index (χ4v) is 4.56. The Hall–Kier alpha value is -1.90. The lowest BCUT2D eigenvalue weighted by molar-refractivity contribution is 0.0957. The Morgan fingerprint density at radius 2 is 2.14 bits per heavy atom. The number of carbonyl (C=O) groups is 1. The van der Waals surface area contributed by atoms with Gasteiger partial charge in [0, 0.05) is 40.1 Å². The van der Waals surface area contributed by atoms with Gasteiger partial charge in [-0.1, -0.05) is 39.8 Å². The van der Waals surface area contributed by atoms with Crippen LogP contribution in [0.1, 0.15) is 34.6 Å². The summed E-state index contributed by atoms with van der Waals surface area (Å²) < 4.78 is 8.97. The molecule has 0 aliphatic carbocycles. The van der Waals surface area contributed by atoms with Gasteiger partial charge >= 0.3 is 0 Å². The highest BCUT2D eigenvalue weighted by molar-refractivity contribution is 9.10. The van der Waals surface area contributed by atoms with Gasteiger partial charge in [0.1, 0.15) is 0 Å². The summed E-state index contributed by atoms with van der Waals surface area (Å²) in [5.74, 6) is 1.10. The molecule has 3 heterocycles. The van der Waals surface area contributed by atoms with Crippen molar-refractivity contribution in [2.24, 2.45) is 0 Å². The number of nitrogens with one attached hydrogen (secondary N) is 1. The van der Waals surface area contributed by atoms with Crippen molar-refractivity contribution in [3.05, 3.63) is 51.8 Å². The average Bonchev–Trinajstić information content (AvgIpc) is 3.45. The number of rotatable bonds is 7. The van der Waals surface area contributed by atoms with E-state index in [1.165, 1.54) is 11.8 Å². The second-order valence-corrected chi connectivity index (χ2v) is 9.07. The summed E-state index contributed by atoms with van der Waals surface area (Å²) in [5.41, 5.74) is 3.84. The van der Waals surface area contributed by atoms with E-state index in [0.717, 1.165) is 53.0 Å². The van der Waals surface area contributed by atoms with E-state index in [4.69, 9.17) is 4.74 Å². The molecule has 0 amide bonds. The maximum Gasteiger partial charge on any atom is 0.209 e. The van der Waals surface area contributed by atoms with Crippen molar-refractivity contribution in [3.8, 4) is 11.4 Å². The molecule has 0 unspecified atom stereocenters. The summed E-state index contributed by atoms with van der Waals surface area (Å²) in [7, 11) is 0. The SMILES string of the molecule is Cc1cc(C(=O)CSc2n[nH]c(-c3ccc(Br)cc3)n2)c(C)n1C[C@H]1CCCO1. The maximum atomic E-state index is 12.8. The summed E-state index contributed by atoms with van der Waals surface area (Å²) in [6, 6.07) is 9.83. The molecule has 1 fully saturated rings. The molecule has 1 atom stereocenters. The van der Waals surface area contributed by atoms with Crippen molar-refractivity contribution in [2.45, 2.75) is 44.5 Å². The molecule has 0 spiro atoms. The van der Waals surface area contributed by atoms with Gasteiger partial charge in [0.2, 0.25) is 5.16 Å². The zero-order valence-electron chi connectivity index (χ0n) is 16.4. The Morgan fingerprint density at radius 3 is 2.86 bits per heavy atom. The van der Waals surface area contributed by atoms with E-state index in [9.17, 15) is 4.79 Å². The van der Waals surface area contributed by atoms with E-state index in [2.05, 4.69) is 35.7 Å². The van der Waals surface area contributed by atoms with Crippen LogP contribution >= 0.6 is 27.7 Å². The Kier molecular flexibility index (Phi) is 6.22. The van der Waals surface area contributed by atoms with Gasteiger partial charge < -0.3 is 9.30 Å². The predicted molar refractivity (Wildman–Crippen MR) is 117 cm³/mol. The highest BCUT2D eigenvalue weighted by atomic mass is 79.9. The van der Waals surface area contributed by atoms with Crippen LogP contribution in [0.4, 0.5) is 0 Å². The smallest absolute Gasteiger partial charge is 0.209 e. The number of Topliss-reactive ketones (excluding diaryl/α,β-unsaturated/α-hetero) is 1. The third kappa shape index (κ3) is 4.65. The van der Waals surface area contributed by atoms with Gasteiger partial charge in [0.05, 0.1) is 11.9 Å². The van der Waals surface area contributed by atoms with Crippen molar-refractivity contribution < 1.29 is 9.53 Å². The van der Waals surface area contributed by atoms with Gasteiger partial charge in [-0.2, -0.15) is 0 Å². The molecule has 152 valence electrons. The summed E-state index contributed by atoms with van der Waals surface area (Å²) in [5, 5.41) is 7.75. The van der Waals surface area contributed by atoms with Crippen molar-refractivity contribution in [1.29, 1.82) is 0 Å². The Morgan fingerprint density at radius 1 is 1.34 bits per heavy atom. The summed E-state index contributed by atoms with van der Waals surface area (Å²) in [4.78, 5) is 17.3. The number of hydrogen-bond acceptors (Lipinski definition) is 5. The molecule has 0 saturated carbocycles. The molecule has 0 radical (unpaired) electrons. The van der Waals surface area contributed by atoms with E-state index >= 15 is 0 Å². The highest BCUT2D eigenvalue weighted by Crippen LogP contribution is 2.24.